The Balaban J connectivity index is 1.36. The van der Waals surface area contributed by atoms with Crippen molar-refractivity contribution in [2.45, 2.75) is 75.1 Å². The van der Waals surface area contributed by atoms with Crippen LogP contribution in [0.2, 0.25) is 10.0 Å². The van der Waals surface area contributed by atoms with E-state index in [1.54, 1.807) is 0 Å². The van der Waals surface area contributed by atoms with E-state index in [1.807, 2.05) is 13.8 Å². The number of phenolic OH excluding ortho intramolecular Hbond substituents is 4. The maximum atomic E-state index is 14.9. The van der Waals surface area contributed by atoms with Gasteiger partial charge in [0.15, 0.2) is 11.5 Å². The molecule has 26 heteroatoms. The van der Waals surface area contributed by atoms with Gasteiger partial charge in [0.1, 0.15) is 64.0 Å². The molecule has 5 aromatic carbocycles. The Morgan fingerprint density at radius 3 is 1.91 bits per heavy atom. The number of amides is 6. The van der Waals surface area contributed by atoms with Crippen molar-refractivity contribution in [3.8, 4) is 57.1 Å². The Kier molecular flexibility index (Phi) is 17.6. The summed E-state index contributed by atoms with van der Waals surface area (Å²) in [5.74, 6) is -11.1. The summed E-state index contributed by atoms with van der Waals surface area (Å²) in [5, 5.41) is 98.7. The van der Waals surface area contributed by atoms with E-state index in [4.69, 9.17) is 50.6 Å². The number of primary amides is 1. The lowest BCUT2D eigenvalue weighted by molar-refractivity contribution is -0.136. The number of rotatable bonds is 8. The highest BCUT2D eigenvalue weighted by Gasteiger charge is 2.39. The maximum Gasteiger partial charge on any atom is 0.247 e. The number of nitrogens with two attached hydrogens (primary N) is 1. The van der Waals surface area contributed by atoms with Gasteiger partial charge in [0.2, 0.25) is 41.2 Å². The first-order valence-electron chi connectivity index (χ1n) is 24.9. The third kappa shape index (κ3) is 12.4. The van der Waals surface area contributed by atoms with Crippen LogP contribution in [0.5, 0.6) is 46.0 Å². The van der Waals surface area contributed by atoms with Crippen molar-refractivity contribution < 1.29 is 74.0 Å². The van der Waals surface area contributed by atoms with Crippen LogP contribution in [-0.4, -0.2) is 115 Å². The molecular weight excluding hydrogens is 1100 g/mol. The number of halogens is 2. The first kappa shape index (κ1) is 58.2. The first-order chi connectivity index (χ1) is 38.0. The van der Waals surface area contributed by atoms with E-state index >= 15 is 0 Å². The smallest absolute Gasteiger partial charge is 0.247 e. The average Bonchev–Trinajstić information content (AvgIpc) is 3.54. The number of aromatic hydroxyl groups is 4. The molecule has 0 aromatic heterocycles. The fraction of sp³-hybridized carbons (Fsp3) is 0.315. The van der Waals surface area contributed by atoms with Gasteiger partial charge in [-0.15, -0.1) is 0 Å². The van der Waals surface area contributed by atoms with Gasteiger partial charge in [-0.1, -0.05) is 67.5 Å². The van der Waals surface area contributed by atoms with Gasteiger partial charge >= 0.3 is 0 Å². The molecule has 5 aliphatic rings. The van der Waals surface area contributed by atoms with Crippen molar-refractivity contribution >= 4 is 75.9 Å². The lowest BCUT2D eigenvalue weighted by Crippen LogP contribution is -2.59. The van der Waals surface area contributed by atoms with E-state index in [0.29, 0.717) is 6.42 Å². The molecule has 9 atom stereocenters. The van der Waals surface area contributed by atoms with Crippen LogP contribution in [0.4, 0.5) is 0 Å². The van der Waals surface area contributed by atoms with E-state index in [1.165, 1.54) is 73.8 Å². The predicted molar refractivity (Wildman–Crippen MR) is 292 cm³/mol. The maximum absolute atomic E-state index is 14.9. The molecule has 0 unspecified atom stereocenters. The minimum Gasteiger partial charge on any atom is -0.508 e. The monoisotopic (exact) mass is 1160 g/mol. The van der Waals surface area contributed by atoms with Gasteiger partial charge in [0, 0.05) is 23.7 Å². The van der Waals surface area contributed by atoms with Crippen molar-refractivity contribution in [3.63, 3.8) is 0 Å². The first-order valence-corrected chi connectivity index (χ1v) is 26.1. The molecule has 0 radical (unpaired) electrons. The van der Waals surface area contributed by atoms with Crippen LogP contribution in [0.15, 0.2) is 78.9 Å². The van der Waals surface area contributed by atoms with Gasteiger partial charge in [-0.2, -0.15) is 0 Å². The number of ether oxygens (including phenoxy) is 2. The Morgan fingerprint density at radius 1 is 0.713 bits per heavy atom. The van der Waals surface area contributed by atoms with Crippen LogP contribution in [0.1, 0.15) is 84.8 Å². The van der Waals surface area contributed by atoms with Crippen molar-refractivity contribution in [2.24, 2.45) is 17.6 Å². The molecule has 0 aliphatic carbocycles. The SMILES string of the molecule is CN[C@H](CC(C)C)C(=O)N[C@H]1C(=O)N[C@@H](CC(N)=O)C(=O)N[C@H]2C(=S)N[C@H]3C(=O)NC[C@H](C(=O)N[C@H](CO)c4cc(O)cc(O)c4-c4cc3ccc4O)[C@H](O)c3ccc(c(Cl)c3)Oc3cc2cc(c3O)Oc2ccc(cc2Cl)[C@H]1O. The number of hydrogen-bond acceptors (Lipinski definition) is 17. The molecule has 0 saturated carbocycles. The number of fused-ring (bicyclic) bond motifs is 15. The van der Waals surface area contributed by atoms with Crippen LogP contribution >= 0.6 is 35.4 Å². The summed E-state index contributed by atoms with van der Waals surface area (Å²) in [4.78, 5) is 85.0. The molecule has 0 saturated heterocycles. The van der Waals surface area contributed by atoms with E-state index in [9.17, 15) is 64.5 Å². The van der Waals surface area contributed by atoms with Crippen molar-refractivity contribution in [3.05, 3.63) is 117 Å². The van der Waals surface area contributed by atoms with Crippen molar-refractivity contribution in [1.29, 1.82) is 0 Å². The topological polar surface area (TPSA) is 373 Å². The molecule has 5 aromatic rings. The molecule has 11 bridgehead atoms. The summed E-state index contributed by atoms with van der Waals surface area (Å²) in [6, 6.07) is 6.44. The van der Waals surface area contributed by atoms with Crippen LogP contribution < -0.4 is 52.4 Å². The minimum absolute atomic E-state index is 0.00469. The highest BCUT2D eigenvalue weighted by atomic mass is 35.5. The zero-order chi connectivity index (χ0) is 58.0. The number of nitrogens with one attached hydrogen (secondary N) is 7. The average molecular weight is 1160 g/mol. The van der Waals surface area contributed by atoms with Gasteiger partial charge in [0.25, 0.3) is 0 Å². The molecule has 6 amide bonds. The Hall–Kier alpha value is -7.97. The van der Waals surface area contributed by atoms with E-state index < -0.39 is 149 Å². The van der Waals surface area contributed by atoms with E-state index in [0.717, 1.165) is 12.1 Å². The zero-order valence-electron chi connectivity index (χ0n) is 42.7. The quantitative estimate of drug-likeness (QED) is 0.0991. The van der Waals surface area contributed by atoms with Crippen molar-refractivity contribution in [2.75, 3.05) is 20.2 Å². The molecule has 422 valence electrons. The molecule has 5 aliphatic heterocycles. The summed E-state index contributed by atoms with van der Waals surface area (Å²) < 4.78 is 12.5. The molecule has 0 spiro atoms. The summed E-state index contributed by atoms with van der Waals surface area (Å²) in [6.07, 6.45) is -4.24. The fourth-order valence-corrected chi connectivity index (χ4v) is 10.3. The number of carbonyl (C=O) groups is 6. The number of phenols is 4. The summed E-state index contributed by atoms with van der Waals surface area (Å²) in [7, 11) is 1.53. The Labute approximate surface area is 471 Å². The van der Waals surface area contributed by atoms with E-state index in [-0.39, 0.29) is 66.4 Å². The molecule has 10 rings (SSSR count). The highest BCUT2D eigenvalue weighted by Crippen LogP contribution is 2.48. The molecule has 0 fully saturated rings. The number of benzene rings is 5. The second-order valence-corrected chi connectivity index (χ2v) is 21.0. The second-order valence-electron chi connectivity index (χ2n) is 19.7. The summed E-state index contributed by atoms with van der Waals surface area (Å²) in [6.45, 7) is 2.25. The third-order valence-electron chi connectivity index (χ3n) is 13.7. The summed E-state index contributed by atoms with van der Waals surface area (Å²) in [5.41, 5.74) is 5.05. The van der Waals surface area contributed by atoms with E-state index in [2.05, 4.69) is 37.2 Å². The van der Waals surface area contributed by atoms with Gasteiger partial charge < -0.3 is 88.2 Å². The fourth-order valence-electron chi connectivity index (χ4n) is 9.56. The van der Waals surface area contributed by atoms with Crippen LogP contribution in [0.3, 0.4) is 0 Å². The molecular formula is C54H56Cl2N8O15S. The Morgan fingerprint density at radius 2 is 1.32 bits per heavy atom. The minimum atomic E-state index is -1.90. The van der Waals surface area contributed by atoms with Crippen LogP contribution in [0.25, 0.3) is 11.1 Å². The number of hydrogen-bond donors (Lipinski definition) is 15. The predicted octanol–water partition coefficient (Wildman–Crippen LogP) is 3.35. The normalized spacial score (nSPS) is 22.6. The number of aliphatic hydroxyl groups excluding tert-OH is 3. The van der Waals surface area contributed by atoms with Crippen LogP contribution in [0, 0.1) is 11.8 Å². The summed E-state index contributed by atoms with van der Waals surface area (Å²) >= 11 is 19.7. The number of likely N-dealkylation sites (N-methyl/N-ethyl adjacent to an activating group) is 1. The molecule has 16 N–H and O–H groups in total. The highest BCUT2D eigenvalue weighted by molar-refractivity contribution is 7.80. The largest absolute Gasteiger partial charge is 0.508 e. The lowest BCUT2D eigenvalue weighted by atomic mass is 9.90. The number of aliphatic hydroxyl groups is 3. The Bertz CT molecular complexity index is 3310. The second kappa shape index (κ2) is 24.2. The number of carbonyl (C=O) groups excluding carboxylic acids is 6. The molecule has 23 nitrogen and oxygen atoms in total. The van der Waals surface area contributed by atoms with Gasteiger partial charge in [-0.25, -0.2) is 0 Å². The third-order valence-corrected chi connectivity index (χ3v) is 14.6. The van der Waals surface area contributed by atoms with Crippen molar-refractivity contribution in [1.82, 2.24) is 37.2 Å². The molecule has 5 heterocycles. The molecule has 80 heavy (non-hydrogen) atoms. The van der Waals surface area contributed by atoms with Crippen LogP contribution in [-0.2, 0) is 28.8 Å². The van der Waals surface area contributed by atoms with Gasteiger partial charge in [0.05, 0.1) is 47.2 Å². The van der Waals surface area contributed by atoms with Gasteiger partial charge in [-0.05, 0) is 102 Å². The lowest BCUT2D eigenvalue weighted by Gasteiger charge is -2.30. The number of thiocarbonyl (C=S) groups is 1. The van der Waals surface area contributed by atoms with Gasteiger partial charge in [-0.3, -0.25) is 28.8 Å². The zero-order valence-corrected chi connectivity index (χ0v) is 45.1. The standard InChI is InChI=1S/C54H56Cl2N8O15S/c1-21(2)10-32(58-3)50(74)63-45-47(71)24-6-9-38(31(56)13-24)79-40-15-25-14-39(48(40)72)78-37-8-5-23(12-30(37)55)46(70)29-19-59-52(76)43(64-54(80)44(25)62-51(75)33(18-41(57)69)60-53(45)77)22-4-7-35(67)28(11-22)42-27(16-26(66)17-36(42)68)34(20-65)61-49(29)73/h4-9,11-17,21,29,32-34,43-47,58,65-68,70-72H,10,18-20H2,1-3H3,(H2,57,69)(H,59,76)(H,60,77)(H,61,73)(H,62,75)(H,63,74)(H,64,80)/t29-,32+,33-,34+,43+,44+,45+,46+,47+/m0/s1.